The van der Waals surface area contributed by atoms with E-state index in [0.29, 0.717) is 22.6 Å². The monoisotopic (exact) mass is 486 g/mol. The van der Waals surface area contributed by atoms with Gasteiger partial charge in [-0.3, -0.25) is 0 Å². The van der Waals surface area contributed by atoms with Gasteiger partial charge in [0, 0.05) is 8.95 Å². The molecule has 0 spiro atoms. The van der Waals surface area contributed by atoms with Crippen molar-refractivity contribution in [2.45, 2.75) is 63.2 Å². The average molecular weight is 488 g/mol. The molecule has 136 valence electrons. The van der Waals surface area contributed by atoms with E-state index in [0.717, 1.165) is 44.0 Å². The Morgan fingerprint density at radius 2 is 0.960 bits per heavy atom. The topological polar surface area (TPSA) is 34.1 Å². The van der Waals surface area contributed by atoms with Crippen molar-refractivity contribution in [2.75, 3.05) is 0 Å². The molecule has 0 saturated carbocycles. The van der Waals surface area contributed by atoms with Gasteiger partial charge < -0.3 is 0 Å². The number of benzene rings is 2. The predicted molar refractivity (Wildman–Crippen MR) is 111 cm³/mol. The molecule has 0 atom stereocenters. The van der Waals surface area contributed by atoms with E-state index in [-0.39, 0.29) is 0 Å². The van der Waals surface area contributed by atoms with E-state index in [2.05, 4.69) is 45.7 Å². The number of sulfone groups is 1. The Kier molecular flexibility index (Phi) is 6.91. The highest BCUT2D eigenvalue weighted by Crippen LogP contribution is 2.35. The van der Waals surface area contributed by atoms with Crippen molar-refractivity contribution in [1.29, 1.82) is 0 Å². The summed E-state index contributed by atoms with van der Waals surface area (Å²) in [4.78, 5) is 0.878. The molecule has 0 unspecified atom stereocenters. The molecule has 0 radical (unpaired) electrons. The van der Waals surface area contributed by atoms with Crippen LogP contribution in [0.5, 0.6) is 0 Å². The van der Waals surface area contributed by atoms with E-state index in [4.69, 9.17) is 0 Å². The Bertz CT molecular complexity index is 820. The van der Waals surface area contributed by atoms with Crippen molar-refractivity contribution in [3.05, 3.63) is 55.5 Å². The van der Waals surface area contributed by atoms with Gasteiger partial charge in [-0.2, -0.15) is 0 Å². The SMILES string of the molecule is CCc1c(Br)ccc(S(=O)(=O)c2ccc(Br)c(CC)c2CC)c1CC. The van der Waals surface area contributed by atoms with Crippen molar-refractivity contribution >= 4 is 41.7 Å². The maximum Gasteiger partial charge on any atom is 0.207 e. The average Bonchev–Trinajstić information content (AvgIpc) is 2.60. The Labute approximate surface area is 168 Å². The Hall–Kier alpha value is -0.650. The quantitative estimate of drug-likeness (QED) is 0.479. The minimum atomic E-state index is -3.56. The second-order valence-electron chi connectivity index (χ2n) is 5.92. The molecular formula is C20H24Br2O2S. The Balaban J connectivity index is 2.82. The van der Waals surface area contributed by atoms with Gasteiger partial charge in [-0.05, 0) is 72.2 Å². The van der Waals surface area contributed by atoms with E-state index in [1.165, 1.54) is 0 Å². The van der Waals surface area contributed by atoms with Gasteiger partial charge in [0.05, 0.1) is 9.79 Å². The molecule has 0 heterocycles. The fraction of sp³-hybridized carbons (Fsp3) is 0.400. The fourth-order valence-electron chi connectivity index (χ4n) is 3.45. The molecule has 0 N–H and O–H groups in total. The van der Waals surface area contributed by atoms with Crippen LogP contribution in [0.3, 0.4) is 0 Å². The van der Waals surface area contributed by atoms with Crippen LogP contribution in [0.1, 0.15) is 49.9 Å². The first-order valence-corrected chi connectivity index (χ1v) is 11.8. The minimum Gasteiger partial charge on any atom is -0.218 e. The second-order valence-corrected chi connectivity index (χ2v) is 9.52. The zero-order valence-electron chi connectivity index (χ0n) is 15.1. The number of hydrogen-bond donors (Lipinski definition) is 0. The molecular weight excluding hydrogens is 464 g/mol. The molecule has 0 aliphatic heterocycles. The van der Waals surface area contributed by atoms with Gasteiger partial charge >= 0.3 is 0 Å². The van der Waals surface area contributed by atoms with Crippen LogP contribution in [0.2, 0.25) is 0 Å². The van der Waals surface area contributed by atoms with Crippen LogP contribution in [0.15, 0.2) is 43.0 Å². The number of rotatable bonds is 6. The fourth-order valence-corrected chi connectivity index (χ4v) is 6.67. The van der Waals surface area contributed by atoms with E-state index >= 15 is 0 Å². The van der Waals surface area contributed by atoms with E-state index in [1.807, 2.05) is 26.0 Å². The molecule has 0 aromatic heterocycles. The normalized spacial score (nSPS) is 11.8. The van der Waals surface area contributed by atoms with Gasteiger partial charge in [-0.1, -0.05) is 59.6 Å². The maximum absolute atomic E-state index is 13.5. The molecule has 2 aromatic carbocycles. The molecule has 2 rings (SSSR count). The number of halogens is 2. The van der Waals surface area contributed by atoms with Gasteiger partial charge in [0.25, 0.3) is 0 Å². The summed E-state index contributed by atoms with van der Waals surface area (Å²) in [5.74, 6) is 0. The van der Waals surface area contributed by atoms with Crippen LogP contribution in [-0.2, 0) is 35.5 Å². The van der Waals surface area contributed by atoms with Crippen molar-refractivity contribution in [3.63, 3.8) is 0 Å². The van der Waals surface area contributed by atoms with Crippen molar-refractivity contribution in [1.82, 2.24) is 0 Å². The third kappa shape index (κ3) is 3.74. The zero-order chi connectivity index (χ0) is 18.8. The molecule has 2 aromatic rings. The third-order valence-corrected chi connectivity index (χ3v) is 8.06. The first-order valence-electron chi connectivity index (χ1n) is 8.68. The van der Waals surface area contributed by atoms with Crippen LogP contribution in [0.4, 0.5) is 0 Å². The molecule has 0 aliphatic carbocycles. The van der Waals surface area contributed by atoms with E-state index in [1.54, 1.807) is 12.1 Å². The van der Waals surface area contributed by atoms with Crippen molar-refractivity contribution in [2.24, 2.45) is 0 Å². The highest BCUT2D eigenvalue weighted by molar-refractivity contribution is 9.10. The summed E-state index contributed by atoms with van der Waals surface area (Å²) in [6, 6.07) is 7.20. The van der Waals surface area contributed by atoms with Crippen LogP contribution in [0.25, 0.3) is 0 Å². The van der Waals surface area contributed by atoms with E-state index < -0.39 is 9.84 Å². The lowest BCUT2D eigenvalue weighted by molar-refractivity contribution is 0.593. The Morgan fingerprint density at radius 3 is 1.24 bits per heavy atom. The van der Waals surface area contributed by atoms with Crippen LogP contribution in [-0.4, -0.2) is 8.42 Å². The first-order chi connectivity index (χ1) is 11.8. The smallest absolute Gasteiger partial charge is 0.207 e. The van der Waals surface area contributed by atoms with E-state index in [9.17, 15) is 8.42 Å². The van der Waals surface area contributed by atoms with Crippen LogP contribution >= 0.6 is 31.9 Å². The van der Waals surface area contributed by atoms with Gasteiger partial charge in [0.15, 0.2) is 0 Å². The second kappa shape index (κ2) is 8.36. The Morgan fingerprint density at radius 1 is 0.640 bits per heavy atom. The zero-order valence-corrected chi connectivity index (χ0v) is 19.1. The first kappa shape index (κ1) is 20.7. The highest BCUT2D eigenvalue weighted by Gasteiger charge is 2.26. The van der Waals surface area contributed by atoms with Crippen LogP contribution in [0, 0.1) is 0 Å². The van der Waals surface area contributed by atoms with Crippen molar-refractivity contribution < 1.29 is 8.42 Å². The maximum atomic E-state index is 13.5. The highest BCUT2D eigenvalue weighted by atomic mass is 79.9. The summed E-state index contributed by atoms with van der Waals surface area (Å²) in [5, 5.41) is 0. The molecule has 2 nitrogen and oxygen atoms in total. The molecule has 0 saturated heterocycles. The van der Waals surface area contributed by atoms with Gasteiger partial charge in [-0.15, -0.1) is 0 Å². The summed E-state index contributed by atoms with van der Waals surface area (Å²) in [5.41, 5.74) is 3.99. The summed E-state index contributed by atoms with van der Waals surface area (Å²) < 4.78 is 29.0. The molecule has 25 heavy (non-hydrogen) atoms. The summed E-state index contributed by atoms with van der Waals surface area (Å²) in [6.07, 6.45) is 2.98. The summed E-state index contributed by atoms with van der Waals surface area (Å²) >= 11 is 7.13. The molecule has 0 aliphatic rings. The summed E-state index contributed by atoms with van der Waals surface area (Å²) in [6.45, 7) is 8.14. The standard InChI is InChI=1S/C20H24Br2O2S/c1-5-13-15(7-3)19(11-9-17(13)21)25(23,24)20-12-10-18(22)14(6-2)16(20)8-4/h9-12H,5-8H2,1-4H3. The summed E-state index contributed by atoms with van der Waals surface area (Å²) in [7, 11) is -3.56. The number of hydrogen-bond acceptors (Lipinski definition) is 2. The van der Waals surface area contributed by atoms with Crippen molar-refractivity contribution in [3.8, 4) is 0 Å². The molecule has 0 amide bonds. The molecule has 0 fully saturated rings. The lowest BCUT2D eigenvalue weighted by Crippen LogP contribution is -2.12. The minimum absolute atomic E-state index is 0.439. The van der Waals surface area contributed by atoms with Gasteiger partial charge in [-0.25, -0.2) is 8.42 Å². The molecule has 0 bridgehead atoms. The van der Waals surface area contributed by atoms with Gasteiger partial charge in [0.2, 0.25) is 9.84 Å². The predicted octanol–water partition coefficient (Wildman–Crippen LogP) is 6.29. The van der Waals surface area contributed by atoms with Gasteiger partial charge in [0.1, 0.15) is 0 Å². The lowest BCUT2D eigenvalue weighted by atomic mass is 10.0. The van der Waals surface area contributed by atoms with Crippen LogP contribution < -0.4 is 0 Å². The largest absolute Gasteiger partial charge is 0.218 e. The lowest BCUT2D eigenvalue weighted by Gasteiger charge is -2.18. The molecule has 5 heteroatoms. The third-order valence-electron chi connectivity index (χ3n) is 4.66.